The molecule has 1 aromatic carbocycles. The monoisotopic (exact) mass is 388 g/mol. The van der Waals surface area contributed by atoms with E-state index in [4.69, 9.17) is 16.7 Å². The zero-order valence-electron chi connectivity index (χ0n) is 16.7. The standard InChI is InChI=1S/C24H33ClO2/c1-16-13-20(25)14-17(2)21(16)8-6-9-23-19-12-11-18(15-19)22(23)7-4-3-5-10-24(26)27/h4,7,13-14,18-19,22-23H,3,5-6,8-12,15H2,1-2H3,(H,26,27)/b7-4-/t18-,19+,22-,23-/m0/s1. The van der Waals surface area contributed by atoms with E-state index in [0.29, 0.717) is 0 Å². The lowest BCUT2D eigenvalue weighted by Gasteiger charge is -2.29. The van der Waals surface area contributed by atoms with Gasteiger partial charge >= 0.3 is 5.97 Å². The number of halogens is 1. The molecule has 2 saturated carbocycles. The van der Waals surface area contributed by atoms with Crippen LogP contribution in [0, 0.1) is 37.5 Å². The molecule has 2 fully saturated rings. The lowest BCUT2D eigenvalue weighted by molar-refractivity contribution is -0.137. The van der Waals surface area contributed by atoms with E-state index in [1.165, 1.54) is 48.8 Å². The van der Waals surface area contributed by atoms with Crippen molar-refractivity contribution in [2.24, 2.45) is 23.7 Å². The molecular formula is C24H33ClO2. The van der Waals surface area contributed by atoms with Gasteiger partial charge in [-0.05, 0) is 118 Å². The first-order valence-electron chi connectivity index (χ1n) is 10.6. The van der Waals surface area contributed by atoms with Crippen molar-refractivity contribution in [3.63, 3.8) is 0 Å². The highest BCUT2D eigenvalue weighted by Crippen LogP contribution is 2.54. The third-order valence-corrected chi connectivity index (χ3v) is 7.12. The fourth-order valence-electron chi connectivity index (χ4n) is 5.66. The van der Waals surface area contributed by atoms with Gasteiger partial charge in [-0.2, -0.15) is 0 Å². The Bertz CT molecular complexity index is 671. The zero-order valence-corrected chi connectivity index (χ0v) is 17.5. The minimum Gasteiger partial charge on any atom is -0.481 e. The van der Waals surface area contributed by atoms with Crippen LogP contribution in [0.1, 0.15) is 68.1 Å². The van der Waals surface area contributed by atoms with Crippen molar-refractivity contribution in [3.8, 4) is 0 Å². The van der Waals surface area contributed by atoms with Crippen molar-refractivity contribution in [1.82, 2.24) is 0 Å². The van der Waals surface area contributed by atoms with E-state index in [9.17, 15) is 4.79 Å². The molecule has 3 heteroatoms. The van der Waals surface area contributed by atoms with E-state index in [2.05, 4.69) is 38.1 Å². The van der Waals surface area contributed by atoms with Gasteiger partial charge in [-0.15, -0.1) is 0 Å². The molecule has 2 aliphatic rings. The summed E-state index contributed by atoms with van der Waals surface area (Å²) in [6.45, 7) is 4.35. The number of hydrogen-bond donors (Lipinski definition) is 1. The van der Waals surface area contributed by atoms with E-state index in [-0.39, 0.29) is 6.42 Å². The van der Waals surface area contributed by atoms with E-state index in [1.54, 1.807) is 0 Å². The van der Waals surface area contributed by atoms with Crippen molar-refractivity contribution in [2.75, 3.05) is 0 Å². The smallest absolute Gasteiger partial charge is 0.303 e. The topological polar surface area (TPSA) is 37.3 Å². The van der Waals surface area contributed by atoms with Crippen molar-refractivity contribution >= 4 is 17.6 Å². The van der Waals surface area contributed by atoms with Gasteiger partial charge in [0.1, 0.15) is 0 Å². The first kappa shape index (κ1) is 20.5. The molecule has 0 saturated heterocycles. The van der Waals surface area contributed by atoms with Crippen molar-refractivity contribution in [2.45, 2.75) is 71.6 Å². The maximum atomic E-state index is 10.6. The normalized spacial score (nSPS) is 26.9. The number of aliphatic carboxylic acids is 1. The highest BCUT2D eigenvalue weighted by atomic mass is 35.5. The van der Waals surface area contributed by atoms with Gasteiger partial charge in [-0.25, -0.2) is 0 Å². The van der Waals surface area contributed by atoms with E-state index in [1.807, 2.05) is 0 Å². The molecule has 4 atom stereocenters. The second kappa shape index (κ2) is 9.28. The summed E-state index contributed by atoms with van der Waals surface area (Å²) >= 11 is 6.17. The quantitative estimate of drug-likeness (QED) is 0.375. The number of benzene rings is 1. The number of carbonyl (C=O) groups is 1. The number of hydrogen-bond acceptors (Lipinski definition) is 1. The molecule has 0 aromatic heterocycles. The molecule has 2 nitrogen and oxygen atoms in total. The zero-order chi connectivity index (χ0) is 19.4. The van der Waals surface area contributed by atoms with Crippen LogP contribution in [-0.4, -0.2) is 11.1 Å². The van der Waals surface area contributed by atoms with Gasteiger partial charge in [0.25, 0.3) is 0 Å². The molecule has 0 heterocycles. The molecular weight excluding hydrogens is 356 g/mol. The summed E-state index contributed by atoms with van der Waals surface area (Å²) in [7, 11) is 0. The van der Waals surface area contributed by atoms with Crippen LogP contribution in [0.2, 0.25) is 5.02 Å². The Kier molecular flexibility index (Phi) is 7.03. The summed E-state index contributed by atoms with van der Waals surface area (Å²) in [6, 6.07) is 4.17. The van der Waals surface area contributed by atoms with Gasteiger partial charge in [-0.3, -0.25) is 4.79 Å². The fourth-order valence-corrected chi connectivity index (χ4v) is 5.98. The Labute approximate surface area is 169 Å². The Morgan fingerprint density at radius 2 is 1.89 bits per heavy atom. The highest BCUT2D eigenvalue weighted by molar-refractivity contribution is 6.30. The summed E-state index contributed by atoms with van der Waals surface area (Å²) < 4.78 is 0. The van der Waals surface area contributed by atoms with Crippen LogP contribution in [0.5, 0.6) is 0 Å². The number of unbranched alkanes of at least 4 members (excludes halogenated alkanes) is 1. The molecule has 0 aliphatic heterocycles. The third-order valence-electron chi connectivity index (χ3n) is 6.90. The molecule has 1 aromatic rings. The van der Waals surface area contributed by atoms with Crippen LogP contribution in [0.4, 0.5) is 0 Å². The highest BCUT2D eigenvalue weighted by Gasteiger charge is 2.45. The van der Waals surface area contributed by atoms with Crippen LogP contribution < -0.4 is 0 Å². The molecule has 27 heavy (non-hydrogen) atoms. The lowest BCUT2D eigenvalue weighted by Crippen LogP contribution is -2.21. The molecule has 0 amide bonds. The van der Waals surface area contributed by atoms with Crippen LogP contribution in [0.25, 0.3) is 0 Å². The predicted octanol–water partition coefficient (Wildman–Crippen LogP) is 6.75. The number of carboxylic acids is 1. The molecule has 3 rings (SSSR count). The van der Waals surface area contributed by atoms with Gasteiger partial charge in [0.2, 0.25) is 0 Å². The van der Waals surface area contributed by atoms with Gasteiger partial charge in [0.15, 0.2) is 0 Å². The minimum atomic E-state index is -0.686. The first-order valence-corrected chi connectivity index (χ1v) is 11.0. The summed E-state index contributed by atoms with van der Waals surface area (Å²) in [5.41, 5.74) is 4.12. The summed E-state index contributed by atoms with van der Waals surface area (Å²) in [4.78, 5) is 10.6. The Morgan fingerprint density at radius 3 is 2.59 bits per heavy atom. The lowest BCUT2D eigenvalue weighted by atomic mass is 9.76. The van der Waals surface area contributed by atoms with E-state index in [0.717, 1.165) is 48.0 Å². The Hall–Kier alpha value is -1.28. The van der Waals surface area contributed by atoms with Crippen LogP contribution in [0.3, 0.4) is 0 Å². The molecule has 0 spiro atoms. The van der Waals surface area contributed by atoms with Crippen molar-refractivity contribution < 1.29 is 9.90 Å². The van der Waals surface area contributed by atoms with Gasteiger partial charge < -0.3 is 5.11 Å². The average molecular weight is 389 g/mol. The molecule has 2 aliphatic carbocycles. The van der Waals surface area contributed by atoms with Crippen LogP contribution >= 0.6 is 11.6 Å². The summed E-state index contributed by atoms with van der Waals surface area (Å²) in [5, 5.41) is 9.61. The minimum absolute atomic E-state index is 0.282. The molecule has 148 valence electrons. The van der Waals surface area contributed by atoms with Crippen molar-refractivity contribution in [1.29, 1.82) is 0 Å². The van der Waals surface area contributed by atoms with Gasteiger partial charge in [0.05, 0.1) is 0 Å². The van der Waals surface area contributed by atoms with Gasteiger partial charge in [-0.1, -0.05) is 23.8 Å². The summed E-state index contributed by atoms with van der Waals surface area (Å²) in [6.07, 6.45) is 14.6. The largest absolute Gasteiger partial charge is 0.481 e. The molecule has 2 bridgehead atoms. The number of aryl methyl sites for hydroxylation is 2. The Morgan fingerprint density at radius 1 is 1.19 bits per heavy atom. The molecule has 0 unspecified atom stereocenters. The second-order valence-corrected chi connectivity index (χ2v) is 9.14. The Balaban J connectivity index is 1.53. The maximum absolute atomic E-state index is 10.6. The fraction of sp³-hybridized carbons (Fsp3) is 0.625. The second-order valence-electron chi connectivity index (χ2n) is 8.70. The molecule has 0 radical (unpaired) electrons. The van der Waals surface area contributed by atoms with Crippen LogP contribution in [0.15, 0.2) is 24.3 Å². The number of carboxylic acid groups (broad SMARTS) is 1. The molecule has 1 N–H and O–H groups in total. The maximum Gasteiger partial charge on any atom is 0.303 e. The third kappa shape index (κ3) is 5.16. The van der Waals surface area contributed by atoms with Gasteiger partial charge in [0, 0.05) is 11.4 Å². The SMILES string of the molecule is Cc1cc(Cl)cc(C)c1CCC[C@H]1[C@@H]2CC[C@@H](C2)[C@@H]1/C=C\CCCC(=O)O. The number of fused-ring (bicyclic) bond motifs is 2. The number of rotatable bonds is 9. The van der Waals surface area contributed by atoms with E-state index >= 15 is 0 Å². The van der Waals surface area contributed by atoms with E-state index < -0.39 is 5.97 Å². The number of allylic oxidation sites excluding steroid dienone is 2. The summed E-state index contributed by atoms with van der Waals surface area (Å²) in [5.74, 6) is 2.65. The van der Waals surface area contributed by atoms with Crippen LogP contribution in [-0.2, 0) is 11.2 Å². The first-order chi connectivity index (χ1) is 13.0. The average Bonchev–Trinajstić information content (AvgIpc) is 3.18. The van der Waals surface area contributed by atoms with Crippen molar-refractivity contribution in [3.05, 3.63) is 46.0 Å². The predicted molar refractivity (Wildman–Crippen MR) is 112 cm³/mol.